The van der Waals surface area contributed by atoms with E-state index in [4.69, 9.17) is 0 Å². The fourth-order valence-corrected chi connectivity index (χ4v) is 2.05. The molecule has 0 spiro atoms. The number of aromatic nitrogens is 2. The van der Waals surface area contributed by atoms with E-state index in [2.05, 4.69) is 40.7 Å². The van der Waals surface area contributed by atoms with Gasteiger partial charge >= 0.3 is 0 Å². The summed E-state index contributed by atoms with van der Waals surface area (Å²) in [6.45, 7) is 4.05. The number of aryl methyl sites for hydroxylation is 1. The predicted molar refractivity (Wildman–Crippen MR) is 71.1 cm³/mol. The smallest absolute Gasteiger partial charge is 0.0955 e. The van der Waals surface area contributed by atoms with Crippen molar-refractivity contribution in [3.05, 3.63) is 30.1 Å². The van der Waals surface area contributed by atoms with Crippen LogP contribution < -0.4 is 10.6 Å². The summed E-state index contributed by atoms with van der Waals surface area (Å²) in [5.41, 5.74) is 3.51. The fourth-order valence-electron chi connectivity index (χ4n) is 2.05. The highest BCUT2D eigenvalue weighted by Crippen LogP contribution is 2.18. The molecule has 0 fully saturated rings. The lowest BCUT2D eigenvalue weighted by Gasteiger charge is -2.16. The first-order valence-corrected chi connectivity index (χ1v) is 6.05. The molecule has 0 aliphatic carbocycles. The van der Waals surface area contributed by atoms with Gasteiger partial charge in [-0.25, -0.2) is 4.98 Å². The van der Waals surface area contributed by atoms with Gasteiger partial charge in [0.05, 0.1) is 17.4 Å². The minimum absolute atomic E-state index is 0.335. The molecule has 1 aromatic carbocycles. The van der Waals surface area contributed by atoms with E-state index in [9.17, 15) is 0 Å². The van der Waals surface area contributed by atoms with Gasteiger partial charge in [-0.1, -0.05) is 13.0 Å². The Morgan fingerprint density at radius 1 is 1.41 bits per heavy atom. The summed E-state index contributed by atoms with van der Waals surface area (Å²) in [6.07, 6.45) is 1.85. The van der Waals surface area contributed by atoms with E-state index in [1.165, 1.54) is 11.1 Å². The molecular weight excluding hydrogens is 212 g/mol. The Morgan fingerprint density at radius 3 is 2.94 bits per heavy atom. The molecule has 0 amide bonds. The molecule has 0 saturated carbocycles. The van der Waals surface area contributed by atoms with Crippen LogP contribution in [0.1, 0.15) is 18.5 Å². The molecule has 4 heteroatoms. The topological polar surface area (TPSA) is 41.9 Å². The molecule has 1 aromatic heterocycles. The van der Waals surface area contributed by atoms with Crippen LogP contribution in [-0.2, 0) is 7.05 Å². The van der Waals surface area contributed by atoms with Gasteiger partial charge in [-0.2, -0.15) is 0 Å². The molecular formula is C13H20N4. The Hall–Kier alpha value is -1.39. The van der Waals surface area contributed by atoms with E-state index in [0.717, 1.165) is 18.6 Å². The Morgan fingerprint density at radius 2 is 2.24 bits per heavy atom. The van der Waals surface area contributed by atoms with Crippen LogP contribution in [0, 0.1) is 0 Å². The van der Waals surface area contributed by atoms with Crippen LogP contribution in [0.3, 0.4) is 0 Å². The Bertz CT molecular complexity index is 489. The number of hydrogen-bond donors (Lipinski definition) is 2. The molecule has 2 aromatic rings. The molecule has 92 valence electrons. The summed E-state index contributed by atoms with van der Waals surface area (Å²) in [5, 5.41) is 6.69. The van der Waals surface area contributed by atoms with E-state index >= 15 is 0 Å². The monoisotopic (exact) mass is 232 g/mol. The first-order chi connectivity index (χ1) is 8.26. The summed E-state index contributed by atoms with van der Waals surface area (Å²) >= 11 is 0. The van der Waals surface area contributed by atoms with Crippen LogP contribution in [-0.4, -0.2) is 29.7 Å². The molecule has 0 radical (unpaired) electrons. The number of hydrogen-bond acceptors (Lipinski definition) is 3. The standard InChI is InChI=1S/C13H20N4/c1-4-15-8-12(14-2)10-5-6-13-11(7-10)16-9-17(13)3/h5-7,9,12,14-15H,4,8H2,1-3H3. The van der Waals surface area contributed by atoms with Crippen LogP contribution >= 0.6 is 0 Å². The Balaban J connectivity index is 2.27. The van der Waals surface area contributed by atoms with Gasteiger partial charge in [-0.05, 0) is 31.3 Å². The molecule has 4 nitrogen and oxygen atoms in total. The molecule has 2 N–H and O–H groups in total. The minimum atomic E-state index is 0.335. The summed E-state index contributed by atoms with van der Waals surface area (Å²) in [4.78, 5) is 4.39. The van der Waals surface area contributed by atoms with Gasteiger partial charge in [0.25, 0.3) is 0 Å². The first kappa shape index (κ1) is 12.1. The molecule has 0 saturated heterocycles. The molecule has 1 atom stereocenters. The summed E-state index contributed by atoms with van der Waals surface area (Å²) < 4.78 is 2.04. The van der Waals surface area contributed by atoms with Crippen molar-refractivity contribution in [1.82, 2.24) is 20.2 Å². The van der Waals surface area contributed by atoms with Crippen molar-refractivity contribution in [2.24, 2.45) is 7.05 Å². The largest absolute Gasteiger partial charge is 0.334 e. The quantitative estimate of drug-likeness (QED) is 0.819. The van der Waals surface area contributed by atoms with Crippen molar-refractivity contribution < 1.29 is 0 Å². The minimum Gasteiger partial charge on any atom is -0.334 e. The summed E-state index contributed by atoms with van der Waals surface area (Å²) in [5.74, 6) is 0. The zero-order valence-electron chi connectivity index (χ0n) is 10.7. The van der Waals surface area contributed by atoms with E-state index in [0.29, 0.717) is 6.04 Å². The second-order valence-corrected chi connectivity index (χ2v) is 4.25. The lowest BCUT2D eigenvalue weighted by Crippen LogP contribution is -2.29. The summed E-state index contributed by atoms with van der Waals surface area (Å²) in [7, 11) is 4.01. The van der Waals surface area contributed by atoms with Crippen molar-refractivity contribution in [1.29, 1.82) is 0 Å². The zero-order chi connectivity index (χ0) is 12.3. The van der Waals surface area contributed by atoms with Gasteiger partial charge < -0.3 is 15.2 Å². The highest BCUT2D eigenvalue weighted by molar-refractivity contribution is 5.76. The van der Waals surface area contributed by atoms with Gasteiger partial charge in [-0.3, -0.25) is 0 Å². The SMILES string of the molecule is CCNCC(NC)c1ccc2c(c1)ncn2C. The maximum atomic E-state index is 4.39. The number of nitrogens with one attached hydrogen (secondary N) is 2. The van der Waals surface area contributed by atoms with Crippen molar-refractivity contribution >= 4 is 11.0 Å². The maximum absolute atomic E-state index is 4.39. The van der Waals surface area contributed by atoms with Crippen LogP contribution in [0.4, 0.5) is 0 Å². The highest BCUT2D eigenvalue weighted by Gasteiger charge is 2.10. The van der Waals surface area contributed by atoms with Gasteiger partial charge in [0, 0.05) is 19.6 Å². The Kier molecular flexibility index (Phi) is 3.76. The number of fused-ring (bicyclic) bond motifs is 1. The number of imidazole rings is 1. The third kappa shape index (κ3) is 2.48. The second-order valence-electron chi connectivity index (χ2n) is 4.25. The zero-order valence-corrected chi connectivity index (χ0v) is 10.7. The van der Waals surface area contributed by atoms with Crippen molar-refractivity contribution in [2.75, 3.05) is 20.1 Å². The molecule has 0 aliphatic rings. The van der Waals surface area contributed by atoms with E-state index in [1.54, 1.807) is 0 Å². The number of benzene rings is 1. The molecule has 0 bridgehead atoms. The predicted octanol–water partition coefficient (Wildman–Crippen LogP) is 1.44. The van der Waals surface area contributed by atoms with E-state index in [-0.39, 0.29) is 0 Å². The lowest BCUT2D eigenvalue weighted by molar-refractivity contribution is 0.539. The fraction of sp³-hybridized carbons (Fsp3) is 0.462. The maximum Gasteiger partial charge on any atom is 0.0955 e. The number of rotatable bonds is 5. The van der Waals surface area contributed by atoms with Gasteiger partial charge in [0.1, 0.15) is 0 Å². The molecule has 0 aliphatic heterocycles. The van der Waals surface area contributed by atoms with Crippen LogP contribution in [0.5, 0.6) is 0 Å². The van der Waals surface area contributed by atoms with Crippen LogP contribution in [0.2, 0.25) is 0 Å². The van der Waals surface area contributed by atoms with E-state index in [1.807, 2.05) is 25.0 Å². The third-order valence-electron chi connectivity index (χ3n) is 3.10. The van der Waals surface area contributed by atoms with Gasteiger partial charge in [0.2, 0.25) is 0 Å². The van der Waals surface area contributed by atoms with Crippen molar-refractivity contribution in [2.45, 2.75) is 13.0 Å². The first-order valence-electron chi connectivity index (χ1n) is 6.05. The average molecular weight is 232 g/mol. The van der Waals surface area contributed by atoms with Crippen LogP contribution in [0.15, 0.2) is 24.5 Å². The molecule has 17 heavy (non-hydrogen) atoms. The molecule has 1 unspecified atom stereocenters. The number of nitrogens with zero attached hydrogens (tertiary/aromatic N) is 2. The Labute approximate surface area is 102 Å². The third-order valence-corrected chi connectivity index (χ3v) is 3.10. The van der Waals surface area contributed by atoms with E-state index < -0.39 is 0 Å². The normalized spacial score (nSPS) is 13.1. The average Bonchev–Trinajstić information content (AvgIpc) is 2.72. The second kappa shape index (κ2) is 5.29. The summed E-state index contributed by atoms with van der Waals surface area (Å²) in [6, 6.07) is 6.80. The van der Waals surface area contributed by atoms with Crippen molar-refractivity contribution in [3.8, 4) is 0 Å². The molecule has 1 heterocycles. The van der Waals surface area contributed by atoms with Crippen LogP contribution in [0.25, 0.3) is 11.0 Å². The highest BCUT2D eigenvalue weighted by atomic mass is 15.0. The molecule has 2 rings (SSSR count). The van der Waals surface area contributed by atoms with Gasteiger partial charge in [-0.15, -0.1) is 0 Å². The lowest BCUT2D eigenvalue weighted by atomic mass is 10.1. The number of likely N-dealkylation sites (N-methyl/N-ethyl adjacent to an activating group) is 2. The van der Waals surface area contributed by atoms with Crippen molar-refractivity contribution in [3.63, 3.8) is 0 Å². The van der Waals surface area contributed by atoms with Gasteiger partial charge in [0.15, 0.2) is 0 Å².